The SMILES string of the molecule is Nc1cncc(Sc2ccc(OC(F)(F)F)cc2F)c1. The number of nitrogen functional groups attached to an aromatic ring is 1. The van der Waals surface area contributed by atoms with Gasteiger partial charge in [0, 0.05) is 28.3 Å². The number of anilines is 1. The fourth-order valence-corrected chi connectivity index (χ4v) is 2.23. The van der Waals surface area contributed by atoms with E-state index in [2.05, 4.69) is 9.72 Å². The molecule has 2 rings (SSSR count). The highest BCUT2D eigenvalue weighted by Gasteiger charge is 2.31. The van der Waals surface area contributed by atoms with Crippen LogP contribution in [0.15, 0.2) is 46.5 Å². The molecular formula is C12H8F4N2OS. The Kier molecular flexibility index (Phi) is 4.03. The zero-order valence-electron chi connectivity index (χ0n) is 9.82. The second kappa shape index (κ2) is 5.58. The van der Waals surface area contributed by atoms with Crippen molar-refractivity contribution >= 4 is 17.4 Å². The quantitative estimate of drug-likeness (QED) is 0.875. The summed E-state index contributed by atoms with van der Waals surface area (Å²) in [6.45, 7) is 0. The predicted octanol–water partition coefficient (Wildman–Crippen LogP) is 3.85. The average molecular weight is 304 g/mol. The van der Waals surface area contributed by atoms with E-state index in [-0.39, 0.29) is 4.90 Å². The van der Waals surface area contributed by atoms with Crippen LogP contribution in [0.5, 0.6) is 5.75 Å². The summed E-state index contributed by atoms with van der Waals surface area (Å²) < 4.78 is 53.3. The van der Waals surface area contributed by atoms with Crippen molar-refractivity contribution in [2.75, 3.05) is 5.73 Å². The molecule has 0 atom stereocenters. The number of nitrogens with zero attached hydrogens (tertiary/aromatic N) is 1. The van der Waals surface area contributed by atoms with Gasteiger partial charge >= 0.3 is 6.36 Å². The monoisotopic (exact) mass is 304 g/mol. The minimum atomic E-state index is -4.85. The molecule has 1 aromatic heterocycles. The Hall–Kier alpha value is -1.96. The second-order valence-electron chi connectivity index (χ2n) is 3.70. The third-order valence-electron chi connectivity index (χ3n) is 2.10. The number of hydrogen-bond donors (Lipinski definition) is 1. The van der Waals surface area contributed by atoms with Gasteiger partial charge in [-0.1, -0.05) is 11.8 Å². The Labute approximate surface area is 115 Å². The van der Waals surface area contributed by atoms with Crippen LogP contribution in [0.4, 0.5) is 23.2 Å². The summed E-state index contributed by atoms with van der Waals surface area (Å²) in [4.78, 5) is 4.56. The first-order valence-electron chi connectivity index (χ1n) is 5.27. The lowest BCUT2D eigenvalue weighted by Crippen LogP contribution is -2.17. The lowest BCUT2D eigenvalue weighted by atomic mass is 10.3. The molecule has 0 bridgehead atoms. The van der Waals surface area contributed by atoms with Gasteiger partial charge in [0.2, 0.25) is 0 Å². The smallest absolute Gasteiger partial charge is 0.406 e. The van der Waals surface area contributed by atoms with Gasteiger partial charge in [0.15, 0.2) is 0 Å². The molecule has 0 unspecified atom stereocenters. The van der Waals surface area contributed by atoms with E-state index < -0.39 is 17.9 Å². The fourth-order valence-electron chi connectivity index (χ4n) is 1.38. The van der Waals surface area contributed by atoms with Gasteiger partial charge in [-0.05, 0) is 18.2 Å². The number of halogens is 4. The molecule has 0 aliphatic carbocycles. The summed E-state index contributed by atoms with van der Waals surface area (Å²) in [5, 5.41) is 0. The van der Waals surface area contributed by atoms with Crippen LogP contribution >= 0.6 is 11.8 Å². The normalized spacial score (nSPS) is 11.4. The minimum absolute atomic E-state index is 0.145. The van der Waals surface area contributed by atoms with Crippen LogP contribution in [0, 0.1) is 5.82 Å². The standard InChI is InChI=1S/C12H8F4N2OS/c13-10-4-8(19-12(14,15)16)1-2-11(10)20-9-3-7(17)5-18-6-9/h1-6H,17H2. The molecule has 0 amide bonds. The number of nitrogens with two attached hydrogens (primary N) is 1. The molecular weight excluding hydrogens is 296 g/mol. The summed E-state index contributed by atoms with van der Waals surface area (Å²) in [5.74, 6) is -1.43. The van der Waals surface area contributed by atoms with Gasteiger partial charge in [-0.2, -0.15) is 0 Å². The van der Waals surface area contributed by atoms with Gasteiger partial charge in [0.05, 0.1) is 5.69 Å². The highest BCUT2D eigenvalue weighted by atomic mass is 32.2. The van der Waals surface area contributed by atoms with Crippen molar-refractivity contribution in [1.29, 1.82) is 0 Å². The van der Waals surface area contributed by atoms with Crippen molar-refractivity contribution in [1.82, 2.24) is 4.98 Å². The molecule has 0 radical (unpaired) electrons. The molecule has 0 aliphatic heterocycles. The topological polar surface area (TPSA) is 48.1 Å². The summed E-state index contributed by atoms with van der Waals surface area (Å²) in [7, 11) is 0. The lowest BCUT2D eigenvalue weighted by molar-refractivity contribution is -0.274. The third-order valence-corrected chi connectivity index (χ3v) is 3.11. The van der Waals surface area contributed by atoms with E-state index in [4.69, 9.17) is 5.73 Å². The van der Waals surface area contributed by atoms with Crippen LogP contribution in [0.25, 0.3) is 0 Å². The second-order valence-corrected chi connectivity index (χ2v) is 4.81. The van der Waals surface area contributed by atoms with E-state index >= 15 is 0 Å². The predicted molar refractivity (Wildman–Crippen MR) is 65.9 cm³/mol. The molecule has 20 heavy (non-hydrogen) atoms. The first-order chi connectivity index (χ1) is 9.33. The van der Waals surface area contributed by atoms with E-state index in [1.807, 2.05) is 0 Å². The zero-order valence-corrected chi connectivity index (χ0v) is 10.6. The number of aromatic nitrogens is 1. The van der Waals surface area contributed by atoms with Crippen LogP contribution in [-0.4, -0.2) is 11.3 Å². The molecule has 8 heteroatoms. The summed E-state index contributed by atoms with van der Waals surface area (Å²) >= 11 is 1.00. The first kappa shape index (κ1) is 14.4. The van der Waals surface area contributed by atoms with E-state index in [0.29, 0.717) is 16.6 Å². The number of benzene rings is 1. The van der Waals surface area contributed by atoms with Crippen molar-refractivity contribution in [3.05, 3.63) is 42.5 Å². The minimum Gasteiger partial charge on any atom is -0.406 e. The highest BCUT2D eigenvalue weighted by molar-refractivity contribution is 7.99. The summed E-state index contributed by atoms with van der Waals surface area (Å²) in [5.41, 5.74) is 5.94. The highest BCUT2D eigenvalue weighted by Crippen LogP contribution is 2.33. The van der Waals surface area contributed by atoms with Crippen LogP contribution < -0.4 is 10.5 Å². The number of pyridine rings is 1. The molecule has 0 spiro atoms. The van der Waals surface area contributed by atoms with E-state index in [1.54, 1.807) is 6.07 Å². The third kappa shape index (κ3) is 4.02. The molecule has 1 aromatic carbocycles. The van der Waals surface area contributed by atoms with Gasteiger partial charge in [-0.3, -0.25) is 4.98 Å². The molecule has 1 heterocycles. The van der Waals surface area contributed by atoms with E-state index in [0.717, 1.165) is 17.8 Å². The molecule has 0 saturated carbocycles. The van der Waals surface area contributed by atoms with Gasteiger partial charge in [0.25, 0.3) is 0 Å². The molecule has 0 fully saturated rings. The molecule has 3 nitrogen and oxygen atoms in total. The molecule has 2 N–H and O–H groups in total. The number of alkyl halides is 3. The molecule has 0 saturated heterocycles. The van der Waals surface area contributed by atoms with E-state index in [1.165, 1.54) is 18.5 Å². The van der Waals surface area contributed by atoms with Gasteiger partial charge < -0.3 is 10.5 Å². The maximum absolute atomic E-state index is 13.7. The van der Waals surface area contributed by atoms with Crippen LogP contribution in [0.2, 0.25) is 0 Å². The lowest BCUT2D eigenvalue weighted by Gasteiger charge is -2.10. The molecule has 0 aliphatic rings. The number of ether oxygens (including phenoxy) is 1. The van der Waals surface area contributed by atoms with E-state index in [9.17, 15) is 17.6 Å². The van der Waals surface area contributed by atoms with Crippen molar-refractivity contribution in [2.45, 2.75) is 16.2 Å². The van der Waals surface area contributed by atoms with Crippen molar-refractivity contribution < 1.29 is 22.3 Å². The zero-order chi connectivity index (χ0) is 14.8. The Bertz CT molecular complexity index is 619. The number of hydrogen-bond acceptors (Lipinski definition) is 4. The van der Waals surface area contributed by atoms with Crippen LogP contribution in [0.1, 0.15) is 0 Å². The van der Waals surface area contributed by atoms with Crippen LogP contribution in [0.3, 0.4) is 0 Å². The number of rotatable bonds is 3. The largest absolute Gasteiger partial charge is 0.573 e. The van der Waals surface area contributed by atoms with Crippen molar-refractivity contribution in [2.24, 2.45) is 0 Å². The first-order valence-corrected chi connectivity index (χ1v) is 6.09. The van der Waals surface area contributed by atoms with Crippen LogP contribution in [-0.2, 0) is 0 Å². The maximum atomic E-state index is 13.7. The van der Waals surface area contributed by atoms with Gasteiger partial charge in [-0.15, -0.1) is 13.2 Å². The Morgan fingerprint density at radius 1 is 1.15 bits per heavy atom. The summed E-state index contributed by atoms with van der Waals surface area (Å²) in [6, 6.07) is 4.50. The van der Waals surface area contributed by atoms with Crippen molar-refractivity contribution in [3.8, 4) is 5.75 Å². The maximum Gasteiger partial charge on any atom is 0.573 e. The fraction of sp³-hybridized carbons (Fsp3) is 0.0833. The average Bonchev–Trinajstić information content (AvgIpc) is 2.31. The Balaban J connectivity index is 2.18. The Morgan fingerprint density at radius 3 is 2.50 bits per heavy atom. The Morgan fingerprint density at radius 2 is 1.90 bits per heavy atom. The summed E-state index contributed by atoms with van der Waals surface area (Å²) in [6.07, 6.45) is -1.94. The molecule has 106 valence electrons. The van der Waals surface area contributed by atoms with Crippen molar-refractivity contribution in [3.63, 3.8) is 0 Å². The van der Waals surface area contributed by atoms with Gasteiger partial charge in [0.1, 0.15) is 11.6 Å². The molecule has 2 aromatic rings. The van der Waals surface area contributed by atoms with Gasteiger partial charge in [-0.25, -0.2) is 4.39 Å².